The fourth-order valence-electron chi connectivity index (χ4n) is 1.76. The third-order valence-electron chi connectivity index (χ3n) is 2.94. The average Bonchev–Trinajstić information content (AvgIpc) is 2.49. The molecule has 0 aliphatic rings. The molecule has 1 heterocycles. The highest BCUT2D eigenvalue weighted by Crippen LogP contribution is 2.19. The van der Waals surface area contributed by atoms with Gasteiger partial charge in [-0.25, -0.2) is 4.98 Å². The molecule has 2 N–H and O–H groups in total. The van der Waals surface area contributed by atoms with Gasteiger partial charge in [-0.05, 0) is 42.5 Å². The number of benzene rings is 1. The lowest BCUT2D eigenvalue weighted by atomic mass is 10.1. The van der Waals surface area contributed by atoms with E-state index in [1.54, 1.807) is 24.4 Å². The van der Waals surface area contributed by atoms with E-state index < -0.39 is 0 Å². The molecule has 4 nitrogen and oxygen atoms in total. The van der Waals surface area contributed by atoms with Crippen molar-refractivity contribution in [3.05, 3.63) is 53.2 Å². The van der Waals surface area contributed by atoms with Gasteiger partial charge in [-0.1, -0.05) is 12.1 Å². The molecule has 0 bridgehead atoms. The first kappa shape index (κ1) is 14.6. The Morgan fingerprint density at radius 3 is 2.85 bits per heavy atom. The van der Waals surface area contributed by atoms with Crippen molar-refractivity contribution in [2.24, 2.45) is 0 Å². The summed E-state index contributed by atoms with van der Waals surface area (Å²) in [5, 5.41) is 12.8. The molecule has 0 atom stereocenters. The molecule has 0 saturated heterocycles. The van der Waals surface area contributed by atoms with E-state index in [-0.39, 0.29) is 12.5 Å². The predicted molar refractivity (Wildman–Crippen MR) is 81.1 cm³/mol. The maximum absolute atomic E-state index is 12.2. The Labute approximate surface area is 122 Å². The average molecular weight is 288 g/mol. The molecule has 1 amide bonds. The van der Waals surface area contributed by atoms with Gasteiger partial charge in [0.15, 0.2) is 0 Å². The van der Waals surface area contributed by atoms with Gasteiger partial charge in [-0.3, -0.25) is 4.79 Å². The molecular weight excluding hydrogens is 272 g/mol. The third kappa shape index (κ3) is 3.37. The number of aliphatic hydroxyl groups excluding tert-OH is 1. The van der Waals surface area contributed by atoms with Crippen molar-refractivity contribution < 1.29 is 9.90 Å². The van der Waals surface area contributed by atoms with Crippen LogP contribution in [-0.2, 0) is 6.61 Å². The summed E-state index contributed by atoms with van der Waals surface area (Å²) in [4.78, 5) is 16.4. The molecular formula is C15H16N2O2S. The van der Waals surface area contributed by atoms with Crippen LogP contribution >= 0.6 is 11.8 Å². The number of amides is 1. The summed E-state index contributed by atoms with van der Waals surface area (Å²) < 4.78 is 0. The Kier molecular flexibility index (Phi) is 4.76. The van der Waals surface area contributed by atoms with Crippen LogP contribution in [0.5, 0.6) is 0 Å². The summed E-state index contributed by atoms with van der Waals surface area (Å²) in [7, 11) is 0. The minimum atomic E-state index is -0.180. The van der Waals surface area contributed by atoms with Crippen LogP contribution in [0.2, 0.25) is 0 Å². The molecule has 2 rings (SSSR count). The maximum Gasteiger partial charge on any atom is 0.255 e. The Bertz CT molecular complexity index is 629. The van der Waals surface area contributed by atoms with Crippen LogP contribution in [0.4, 0.5) is 5.69 Å². The maximum atomic E-state index is 12.2. The number of nitrogens with one attached hydrogen (secondary N) is 1. The molecule has 0 aliphatic carbocycles. The second-order valence-electron chi connectivity index (χ2n) is 4.35. The fraction of sp³-hybridized carbons (Fsp3) is 0.200. The van der Waals surface area contributed by atoms with Crippen LogP contribution in [0.25, 0.3) is 0 Å². The van der Waals surface area contributed by atoms with Crippen LogP contribution in [-0.4, -0.2) is 22.3 Å². The Hall–Kier alpha value is -1.85. The number of aromatic nitrogens is 1. The topological polar surface area (TPSA) is 62.2 Å². The number of aryl methyl sites for hydroxylation is 1. The van der Waals surface area contributed by atoms with Gasteiger partial charge in [0.2, 0.25) is 0 Å². The number of thioether (sulfide) groups is 1. The number of hydrogen-bond acceptors (Lipinski definition) is 4. The summed E-state index contributed by atoms with van der Waals surface area (Å²) >= 11 is 1.49. The quantitative estimate of drug-likeness (QED) is 0.849. The summed E-state index contributed by atoms with van der Waals surface area (Å²) in [5.41, 5.74) is 3.00. The normalized spacial score (nSPS) is 10.3. The first-order valence-electron chi connectivity index (χ1n) is 6.16. The van der Waals surface area contributed by atoms with Crippen molar-refractivity contribution >= 4 is 23.4 Å². The number of anilines is 1. The Balaban J connectivity index is 2.22. The van der Waals surface area contributed by atoms with Gasteiger partial charge in [0, 0.05) is 17.4 Å². The predicted octanol–water partition coefficient (Wildman–Crippen LogP) is 2.86. The van der Waals surface area contributed by atoms with Crippen molar-refractivity contribution in [3.63, 3.8) is 0 Å². The number of rotatable bonds is 4. The van der Waals surface area contributed by atoms with E-state index in [1.165, 1.54) is 11.8 Å². The summed E-state index contributed by atoms with van der Waals surface area (Å²) in [6.07, 6.45) is 3.54. The van der Waals surface area contributed by atoms with Gasteiger partial charge in [-0.2, -0.15) is 0 Å². The second kappa shape index (κ2) is 6.54. The van der Waals surface area contributed by atoms with E-state index >= 15 is 0 Å². The number of hydrogen-bond donors (Lipinski definition) is 2. The molecule has 0 unspecified atom stereocenters. The lowest BCUT2D eigenvalue weighted by molar-refractivity contribution is 0.102. The zero-order valence-electron chi connectivity index (χ0n) is 11.4. The smallest absolute Gasteiger partial charge is 0.255 e. The lowest BCUT2D eigenvalue weighted by Gasteiger charge is -2.10. The van der Waals surface area contributed by atoms with Crippen molar-refractivity contribution in [1.29, 1.82) is 0 Å². The van der Waals surface area contributed by atoms with Gasteiger partial charge < -0.3 is 10.4 Å². The van der Waals surface area contributed by atoms with Crippen LogP contribution in [0, 0.1) is 6.92 Å². The number of carbonyl (C=O) groups is 1. The Morgan fingerprint density at radius 1 is 1.35 bits per heavy atom. The number of carbonyl (C=O) groups excluding carboxylic acids is 1. The molecule has 5 heteroatoms. The molecule has 20 heavy (non-hydrogen) atoms. The monoisotopic (exact) mass is 288 g/mol. The van der Waals surface area contributed by atoms with Gasteiger partial charge in [0.1, 0.15) is 0 Å². The summed E-state index contributed by atoms with van der Waals surface area (Å²) in [6, 6.07) is 8.93. The van der Waals surface area contributed by atoms with Crippen molar-refractivity contribution in [2.45, 2.75) is 18.6 Å². The SMILES string of the molecule is CSc1cc(C(=O)Nc2cc(CO)ccc2C)ccn1. The minimum Gasteiger partial charge on any atom is -0.392 e. The van der Waals surface area contributed by atoms with E-state index in [4.69, 9.17) is 5.11 Å². The van der Waals surface area contributed by atoms with Crippen molar-refractivity contribution in [2.75, 3.05) is 11.6 Å². The summed E-state index contributed by atoms with van der Waals surface area (Å²) in [5.74, 6) is -0.180. The second-order valence-corrected chi connectivity index (χ2v) is 5.17. The van der Waals surface area contributed by atoms with Crippen molar-refractivity contribution in [3.8, 4) is 0 Å². The van der Waals surface area contributed by atoms with Crippen LogP contribution in [0.15, 0.2) is 41.6 Å². The minimum absolute atomic E-state index is 0.0466. The first-order valence-corrected chi connectivity index (χ1v) is 7.38. The molecule has 1 aromatic carbocycles. The van der Waals surface area contributed by atoms with E-state index in [0.29, 0.717) is 11.3 Å². The molecule has 0 spiro atoms. The highest BCUT2D eigenvalue weighted by Gasteiger charge is 2.09. The molecule has 2 aromatic rings. The molecule has 0 aliphatic heterocycles. The van der Waals surface area contributed by atoms with Gasteiger partial charge in [-0.15, -0.1) is 11.8 Å². The summed E-state index contributed by atoms with van der Waals surface area (Å²) in [6.45, 7) is 1.87. The zero-order valence-corrected chi connectivity index (χ0v) is 12.2. The van der Waals surface area contributed by atoms with Gasteiger partial charge >= 0.3 is 0 Å². The molecule has 0 radical (unpaired) electrons. The number of nitrogens with zero attached hydrogens (tertiary/aromatic N) is 1. The van der Waals surface area contributed by atoms with Crippen LogP contribution < -0.4 is 5.32 Å². The number of pyridine rings is 1. The van der Waals surface area contributed by atoms with E-state index in [0.717, 1.165) is 16.2 Å². The van der Waals surface area contributed by atoms with Crippen molar-refractivity contribution in [1.82, 2.24) is 4.98 Å². The molecule has 1 aromatic heterocycles. The molecule has 104 valence electrons. The van der Waals surface area contributed by atoms with E-state index in [2.05, 4.69) is 10.3 Å². The Morgan fingerprint density at radius 2 is 2.15 bits per heavy atom. The molecule has 0 fully saturated rings. The van der Waals surface area contributed by atoms with Crippen LogP contribution in [0.3, 0.4) is 0 Å². The lowest BCUT2D eigenvalue weighted by Crippen LogP contribution is -2.13. The van der Waals surface area contributed by atoms with Gasteiger partial charge in [0.25, 0.3) is 5.91 Å². The highest BCUT2D eigenvalue weighted by molar-refractivity contribution is 7.98. The number of aliphatic hydroxyl groups is 1. The largest absolute Gasteiger partial charge is 0.392 e. The van der Waals surface area contributed by atoms with Crippen LogP contribution in [0.1, 0.15) is 21.5 Å². The van der Waals surface area contributed by atoms with Gasteiger partial charge in [0.05, 0.1) is 11.6 Å². The standard InChI is InChI=1S/C15H16N2O2S/c1-10-3-4-11(9-18)7-13(10)17-15(19)12-5-6-16-14(8-12)20-2/h3-8,18H,9H2,1-2H3,(H,17,19). The zero-order chi connectivity index (χ0) is 14.5. The highest BCUT2D eigenvalue weighted by atomic mass is 32.2. The van der Waals surface area contributed by atoms with E-state index in [1.807, 2.05) is 25.3 Å². The van der Waals surface area contributed by atoms with E-state index in [9.17, 15) is 4.79 Å². The first-order chi connectivity index (χ1) is 9.63. The molecule has 0 saturated carbocycles. The third-order valence-corrected chi connectivity index (χ3v) is 3.58. The fourth-order valence-corrected chi connectivity index (χ4v) is 2.17.